The van der Waals surface area contributed by atoms with Crippen molar-refractivity contribution in [1.29, 1.82) is 0 Å². The summed E-state index contributed by atoms with van der Waals surface area (Å²) < 4.78 is 0.582. The van der Waals surface area contributed by atoms with Crippen molar-refractivity contribution in [2.24, 2.45) is 0 Å². The van der Waals surface area contributed by atoms with Crippen LogP contribution in [0, 0.1) is 0 Å². The van der Waals surface area contributed by atoms with Gasteiger partial charge in [0, 0.05) is 49.6 Å². The van der Waals surface area contributed by atoms with Gasteiger partial charge in [-0.25, -0.2) is 0 Å². The van der Waals surface area contributed by atoms with Gasteiger partial charge in [0.15, 0.2) is 0 Å². The van der Waals surface area contributed by atoms with Gasteiger partial charge in [-0.2, -0.15) is 11.8 Å². The van der Waals surface area contributed by atoms with E-state index in [1.54, 1.807) is 0 Å². The molecule has 2 aliphatic rings. The molecule has 106 valence electrons. The van der Waals surface area contributed by atoms with Crippen LogP contribution >= 0.6 is 11.8 Å². The summed E-state index contributed by atoms with van der Waals surface area (Å²) in [6.07, 6.45) is 5.05. The fourth-order valence-corrected chi connectivity index (χ4v) is 3.47. The van der Waals surface area contributed by atoms with Crippen molar-refractivity contribution in [2.45, 2.75) is 37.0 Å². The third-order valence-corrected chi connectivity index (χ3v) is 6.02. The van der Waals surface area contributed by atoms with Crippen molar-refractivity contribution in [3.05, 3.63) is 0 Å². The van der Waals surface area contributed by atoms with Crippen molar-refractivity contribution >= 4 is 11.8 Å². The molecule has 1 N–H and O–H groups in total. The normalized spacial score (nSPS) is 25.3. The monoisotopic (exact) mass is 271 g/mol. The Morgan fingerprint density at radius 2 is 1.78 bits per heavy atom. The Kier molecular flexibility index (Phi) is 4.63. The fraction of sp³-hybridized carbons (Fsp3) is 1.00. The lowest BCUT2D eigenvalue weighted by atomic mass is 10.0. The van der Waals surface area contributed by atoms with Crippen LogP contribution < -0.4 is 5.32 Å². The summed E-state index contributed by atoms with van der Waals surface area (Å²) >= 11 is 2.04. The van der Waals surface area contributed by atoms with Crippen molar-refractivity contribution < 1.29 is 0 Å². The zero-order chi connectivity index (χ0) is 13.2. The van der Waals surface area contributed by atoms with Gasteiger partial charge in [-0.05, 0) is 40.0 Å². The molecule has 1 saturated carbocycles. The first-order valence-corrected chi connectivity index (χ1v) is 8.39. The van der Waals surface area contributed by atoms with Gasteiger partial charge in [-0.3, -0.25) is 4.90 Å². The maximum atomic E-state index is 3.71. The SMILES string of the molecule is CSC1(CNCC(C)(C)N2CCN(C)CC2)CC1. The Labute approximate surface area is 117 Å². The predicted octanol–water partition coefficient (Wildman–Crippen LogP) is 1.50. The Morgan fingerprint density at radius 3 is 2.28 bits per heavy atom. The number of piperazine rings is 1. The molecule has 1 heterocycles. The van der Waals surface area contributed by atoms with Crippen LogP contribution in [0.5, 0.6) is 0 Å². The highest BCUT2D eigenvalue weighted by molar-refractivity contribution is 8.00. The molecule has 0 bridgehead atoms. The summed E-state index contributed by atoms with van der Waals surface area (Å²) in [5.41, 5.74) is 0.287. The molecule has 1 aliphatic carbocycles. The number of hydrogen-bond acceptors (Lipinski definition) is 4. The van der Waals surface area contributed by atoms with Crippen LogP contribution in [0.25, 0.3) is 0 Å². The third-order valence-electron chi connectivity index (χ3n) is 4.60. The van der Waals surface area contributed by atoms with Crippen molar-refractivity contribution in [3.63, 3.8) is 0 Å². The topological polar surface area (TPSA) is 18.5 Å². The standard InChI is InChI=1S/C14H29N3S/c1-13(2,17-9-7-16(3)8-10-17)11-15-12-14(18-4)5-6-14/h15H,5-12H2,1-4H3. The molecule has 1 saturated heterocycles. The van der Waals surface area contributed by atoms with E-state index in [0.717, 1.165) is 6.54 Å². The van der Waals surface area contributed by atoms with E-state index in [1.165, 1.54) is 45.6 Å². The van der Waals surface area contributed by atoms with Crippen LogP contribution in [0.3, 0.4) is 0 Å². The summed E-state index contributed by atoms with van der Waals surface area (Å²) in [5.74, 6) is 0. The van der Waals surface area contributed by atoms with Crippen molar-refractivity contribution in [1.82, 2.24) is 15.1 Å². The van der Waals surface area contributed by atoms with Crippen LogP contribution in [0.4, 0.5) is 0 Å². The van der Waals surface area contributed by atoms with Crippen LogP contribution in [-0.2, 0) is 0 Å². The highest BCUT2D eigenvalue weighted by atomic mass is 32.2. The molecule has 1 aliphatic heterocycles. The third kappa shape index (κ3) is 3.62. The molecule has 0 aromatic heterocycles. The van der Waals surface area contributed by atoms with Gasteiger partial charge in [0.05, 0.1) is 0 Å². The number of nitrogens with zero attached hydrogens (tertiary/aromatic N) is 2. The molecule has 3 nitrogen and oxygen atoms in total. The number of hydrogen-bond donors (Lipinski definition) is 1. The molecule has 0 aromatic rings. The van der Waals surface area contributed by atoms with E-state index in [4.69, 9.17) is 0 Å². The van der Waals surface area contributed by atoms with E-state index in [-0.39, 0.29) is 5.54 Å². The van der Waals surface area contributed by atoms with Gasteiger partial charge in [0.25, 0.3) is 0 Å². The summed E-state index contributed by atoms with van der Waals surface area (Å²) in [7, 11) is 2.22. The molecule has 0 unspecified atom stereocenters. The van der Waals surface area contributed by atoms with Gasteiger partial charge in [0.1, 0.15) is 0 Å². The number of likely N-dealkylation sites (N-methyl/N-ethyl adjacent to an activating group) is 1. The van der Waals surface area contributed by atoms with E-state index in [9.17, 15) is 0 Å². The molecule has 2 rings (SSSR count). The van der Waals surface area contributed by atoms with Crippen LogP contribution in [0.15, 0.2) is 0 Å². The zero-order valence-electron chi connectivity index (χ0n) is 12.5. The molecule has 2 fully saturated rings. The minimum Gasteiger partial charge on any atom is -0.314 e. The number of rotatable bonds is 6. The van der Waals surface area contributed by atoms with Crippen molar-refractivity contribution in [2.75, 3.05) is 52.6 Å². The highest BCUT2D eigenvalue weighted by Gasteiger charge is 2.41. The predicted molar refractivity (Wildman–Crippen MR) is 81.5 cm³/mol. The van der Waals surface area contributed by atoms with Crippen LogP contribution in [0.1, 0.15) is 26.7 Å². The quantitative estimate of drug-likeness (QED) is 0.789. The second kappa shape index (κ2) is 5.70. The lowest BCUT2D eigenvalue weighted by Gasteiger charge is -2.43. The Bertz CT molecular complexity index is 268. The minimum absolute atomic E-state index is 0.287. The first-order valence-electron chi connectivity index (χ1n) is 7.17. The van der Waals surface area contributed by atoms with Crippen molar-refractivity contribution in [3.8, 4) is 0 Å². The zero-order valence-corrected chi connectivity index (χ0v) is 13.3. The van der Waals surface area contributed by atoms with E-state index in [2.05, 4.69) is 42.3 Å². The minimum atomic E-state index is 0.287. The highest BCUT2D eigenvalue weighted by Crippen LogP contribution is 2.46. The largest absolute Gasteiger partial charge is 0.314 e. The lowest BCUT2D eigenvalue weighted by Crippen LogP contribution is -2.57. The Balaban J connectivity index is 1.73. The molecular formula is C14H29N3S. The van der Waals surface area contributed by atoms with Crippen LogP contribution in [0.2, 0.25) is 0 Å². The second-order valence-corrected chi connectivity index (χ2v) is 7.87. The smallest absolute Gasteiger partial charge is 0.0282 e. The molecule has 0 aromatic carbocycles. The molecule has 4 heteroatoms. The van der Waals surface area contributed by atoms with Gasteiger partial charge < -0.3 is 10.2 Å². The first kappa shape index (κ1) is 14.6. The average molecular weight is 271 g/mol. The summed E-state index contributed by atoms with van der Waals surface area (Å²) in [6.45, 7) is 11.9. The molecule has 0 amide bonds. The van der Waals surface area contributed by atoms with Crippen LogP contribution in [-0.4, -0.2) is 72.7 Å². The Morgan fingerprint density at radius 1 is 1.17 bits per heavy atom. The molecule has 0 atom stereocenters. The summed E-state index contributed by atoms with van der Waals surface area (Å²) in [4.78, 5) is 5.06. The van der Waals surface area contributed by atoms with Gasteiger partial charge >= 0.3 is 0 Å². The molecule has 18 heavy (non-hydrogen) atoms. The maximum absolute atomic E-state index is 3.71. The average Bonchev–Trinajstić information content (AvgIpc) is 3.10. The summed E-state index contributed by atoms with van der Waals surface area (Å²) in [6, 6.07) is 0. The van der Waals surface area contributed by atoms with Gasteiger partial charge in [-0.1, -0.05) is 0 Å². The van der Waals surface area contributed by atoms with E-state index < -0.39 is 0 Å². The van der Waals surface area contributed by atoms with Gasteiger partial charge in [0.2, 0.25) is 0 Å². The van der Waals surface area contributed by atoms with E-state index >= 15 is 0 Å². The second-order valence-electron chi connectivity index (χ2n) is 6.59. The van der Waals surface area contributed by atoms with Gasteiger partial charge in [-0.15, -0.1) is 0 Å². The lowest BCUT2D eigenvalue weighted by molar-refractivity contribution is 0.0620. The first-order chi connectivity index (χ1) is 8.47. The molecule has 0 radical (unpaired) electrons. The number of thioether (sulfide) groups is 1. The molecular weight excluding hydrogens is 242 g/mol. The summed E-state index contributed by atoms with van der Waals surface area (Å²) in [5, 5.41) is 3.71. The molecule has 0 spiro atoms. The maximum Gasteiger partial charge on any atom is 0.0282 e. The number of nitrogens with one attached hydrogen (secondary N) is 1. The fourth-order valence-electron chi connectivity index (χ4n) is 2.71. The Hall–Kier alpha value is 0.230. The van der Waals surface area contributed by atoms with E-state index in [1.807, 2.05) is 11.8 Å². The van der Waals surface area contributed by atoms with E-state index in [0.29, 0.717) is 4.75 Å².